The van der Waals surface area contributed by atoms with Crippen molar-refractivity contribution < 1.29 is 18.3 Å². The van der Waals surface area contributed by atoms with E-state index in [1.54, 1.807) is 0 Å². The second-order valence-corrected chi connectivity index (χ2v) is 4.40. The molecule has 0 spiro atoms. The largest absolute Gasteiger partial charge is 0.386 e. The van der Waals surface area contributed by atoms with Crippen LogP contribution in [0.1, 0.15) is 12.5 Å². The summed E-state index contributed by atoms with van der Waals surface area (Å²) in [7, 11) is 0. The standard InChI is InChI=1S/C12H5FO7/c1-12(13,18)7-5-3(8(14)19-10(5)16)2-4-6(7)11(17)20-9(4)15/h2,18H,1H3. The molecule has 0 fully saturated rings. The highest BCUT2D eigenvalue weighted by Gasteiger charge is 2.33. The molecule has 0 saturated heterocycles. The third-order valence-corrected chi connectivity index (χ3v) is 3.00. The fourth-order valence-corrected chi connectivity index (χ4v) is 2.27. The van der Waals surface area contributed by atoms with Gasteiger partial charge < -0.3 is 13.9 Å². The zero-order valence-corrected chi connectivity index (χ0v) is 9.85. The zero-order chi connectivity index (χ0) is 14.8. The Balaban J connectivity index is 2.85. The summed E-state index contributed by atoms with van der Waals surface area (Å²) in [6, 6.07) is 0.917. The van der Waals surface area contributed by atoms with Crippen LogP contribution in [0.4, 0.5) is 4.39 Å². The average molecular weight is 280 g/mol. The SMILES string of the molecule is CC(O)(F)c1c2c(=O)oc(=O)c2cc2c(=O)oc(=O)c12. The summed E-state index contributed by atoms with van der Waals surface area (Å²) in [5.74, 6) is -3.14. The normalized spacial score (nSPS) is 14.9. The molecule has 0 aliphatic heterocycles. The van der Waals surface area contributed by atoms with Gasteiger partial charge in [0.1, 0.15) is 0 Å². The molecule has 0 aliphatic rings. The van der Waals surface area contributed by atoms with Gasteiger partial charge in [0.15, 0.2) is 0 Å². The van der Waals surface area contributed by atoms with E-state index in [1.165, 1.54) is 0 Å². The van der Waals surface area contributed by atoms with Gasteiger partial charge in [0.2, 0.25) is 5.85 Å². The Morgan fingerprint density at radius 3 is 1.70 bits per heavy atom. The quantitative estimate of drug-likeness (QED) is 0.646. The van der Waals surface area contributed by atoms with E-state index >= 15 is 0 Å². The van der Waals surface area contributed by atoms with Crippen molar-refractivity contribution in [1.29, 1.82) is 0 Å². The van der Waals surface area contributed by atoms with Crippen molar-refractivity contribution in [3.05, 3.63) is 53.3 Å². The van der Waals surface area contributed by atoms with Gasteiger partial charge in [-0.3, -0.25) is 0 Å². The molecule has 3 rings (SSSR count). The van der Waals surface area contributed by atoms with E-state index in [0.29, 0.717) is 6.92 Å². The Morgan fingerprint density at radius 1 is 0.950 bits per heavy atom. The van der Waals surface area contributed by atoms with Crippen molar-refractivity contribution in [2.75, 3.05) is 0 Å². The van der Waals surface area contributed by atoms with Crippen LogP contribution in [0.25, 0.3) is 21.5 Å². The third-order valence-electron chi connectivity index (χ3n) is 3.00. The monoisotopic (exact) mass is 280 g/mol. The minimum atomic E-state index is -3.14. The Hall–Kier alpha value is -2.61. The number of alkyl halides is 1. The highest BCUT2D eigenvalue weighted by atomic mass is 19.2. The summed E-state index contributed by atoms with van der Waals surface area (Å²) in [5, 5.41) is 7.58. The number of furan rings is 2. The maximum absolute atomic E-state index is 13.9. The van der Waals surface area contributed by atoms with Crippen molar-refractivity contribution in [2.24, 2.45) is 0 Å². The molecule has 3 aromatic rings. The Labute approximate surface area is 107 Å². The molecule has 0 saturated carbocycles. The predicted molar refractivity (Wildman–Crippen MR) is 64.1 cm³/mol. The molecule has 0 bridgehead atoms. The van der Waals surface area contributed by atoms with Gasteiger partial charge in [-0.05, 0) is 13.0 Å². The molecule has 20 heavy (non-hydrogen) atoms. The first-order valence-electron chi connectivity index (χ1n) is 5.37. The second-order valence-electron chi connectivity index (χ2n) is 4.40. The van der Waals surface area contributed by atoms with Crippen LogP contribution in [0, 0.1) is 0 Å². The molecule has 1 atom stereocenters. The zero-order valence-electron chi connectivity index (χ0n) is 9.85. The van der Waals surface area contributed by atoms with Crippen LogP contribution in [0.15, 0.2) is 34.1 Å². The Morgan fingerprint density at radius 2 is 1.35 bits per heavy atom. The lowest BCUT2D eigenvalue weighted by molar-refractivity contribution is -0.0744. The highest BCUT2D eigenvalue weighted by Crippen LogP contribution is 2.32. The molecule has 1 unspecified atom stereocenters. The van der Waals surface area contributed by atoms with Gasteiger partial charge >= 0.3 is 22.5 Å². The van der Waals surface area contributed by atoms with Crippen LogP contribution < -0.4 is 22.5 Å². The first-order chi connectivity index (χ1) is 9.21. The van der Waals surface area contributed by atoms with Crippen molar-refractivity contribution in [3.63, 3.8) is 0 Å². The molecule has 0 radical (unpaired) electrons. The second kappa shape index (κ2) is 3.48. The number of halogens is 1. The van der Waals surface area contributed by atoms with Gasteiger partial charge in [0.05, 0.1) is 21.5 Å². The van der Waals surface area contributed by atoms with E-state index in [9.17, 15) is 28.7 Å². The van der Waals surface area contributed by atoms with Crippen LogP contribution in [0.5, 0.6) is 0 Å². The molecule has 1 N–H and O–H groups in total. The summed E-state index contributed by atoms with van der Waals surface area (Å²) < 4.78 is 22.5. The van der Waals surface area contributed by atoms with E-state index in [-0.39, 0.29) is 0 Å². The first-order valence-corrected chi connectivity index (χ1v) is 5.37. The molecular weight excluding hydrogens is 275 g/mol. The van der Waals surface area contributed by atoms with Crippen molar-refractivity contribution in [1.82, 2.24) is 0 Å². The first kappa shape index (κ1) is 12.4. The highest BCUT2D eigenvalue weighted by molar-refractivity contribution is 6.01. The lowest BCUT2D eigenvalue weighted by Gasteiger charge is -2.13. The summed E-state index contributed by atoms with van der Waals surface area (Å²) >= 11 is 0. The van der Waals surface area contributed by atoms with Crippen molar-refractivity contribution >= 4 is 21.5 Å². The van der Waals surface area contributed by atoms with Gasteiger partial charge in [-0.2, -0.15) is 0 Å². The van der Waals surface area contributed by atoms with Gasteiger partial charge in [-0.15, -0.1) is 0 Å². The molecule has 0 amide bonds. The number of aliphatic hydroxyl groups is 1. The smallest absolute Gasteiger partial charge is 0.347 e. The van der Waals surface area contributed by atoms with Crippen molar-refractivity contribution in [3.8, 4) is 0 Å². The van der Waals surface area contributed by atoms with Gasteiger partial charge in [0.25, 0.3) is 0 Å². The topological polar surface area (TPSA) is 115 Å². The molecule has 8 heteroatoms. The van der Waals surface area contributed by atoms with E-state index in [0.717, 1.165) is 6.07 Å². The summed E-state index contributed by atoms with van der Waals surface area (Å²) in [4.78, 5) is 46.1. The number of hydrogen-bond acceptors (Lipinski definition) is 7. The molecule has 2 heterocycles. The Kier molecular flexibility index (Phi) is 2.16. The minimum Gasteiger partial charge on any atom is -0.386 e. The minimum absolute atomic E-state index is 0.395. The van der Waals surface area contributed by atoms with Crippen LogP contribution in [0.3, 0.4) is 0 Å². The molecule has 102 valence electrons. The number of rotatable bonds is 1. The molecule has 0 aliphatic carbocycles. The molecule has 1 aromatic carbocycles. The number of fused-ring (bicyclic) bond motifs is 2. The lowest BCUT2D eigenvalue weighted by atomic mass is 9.97. The fourth-order valence-electron chi connectivity index (χ4n) is 2.27. The van der Waals surface area contributed by atoms with E-state index in [1.807, 2.05) is 0 Å². The van der Waals surface area contributed by atoms with Crippen molar-refractivity contribution in [2.45, 2.75) is 12.8 Å². The Bertz CT molecular complexity index is 978. The van der Waals surface area contributed by atoms with Crippen LogP contribution in [-0.4, -0.2) is 5.11 Å². The predicted octanol–water partition coefficient (Wildman–Crippen LogP) is -0.370. The van der Waals surface area contributed by atoms with Gasteiger partial charge in [0, 0.05) is 5.56 Å². The summed E-state index contributed by atoms with van der Waals surface area (Å²) in [6.07, 6.45) is 0. The third kappa shape index (κ3) is 1.42. The molecule has 7 nitrogen and oxygen atoms in total. The molecular formula is C12H5FO7. The number of hydrogen-bond donors (Lipinski definition) is 1. The average Bonchev–Trinajstić information content (AvgIpc) is 2.76. The maximum atomic E-state index is 13.9. The van der Waals surface area contributed by atoms with Crippen LogP contribution in [-0.2, 0) is 5.85 Å². The fraction of sp³-hybridized carbons (Fsp3) is 0.167. The molecule has 2 aromatic heterocycles. The maximum Gasteiger partial charge on any atom is 0.347 e. The van der Waals surface area contributed by atoms with Gasteiger partial charge in [-0.25, -0.2) is 23.6 Å². The van der Waals surface area contributed by atoms with Crippen LogP contribution >= 0.6 is 0 Å². The van der Waals surface area contributed by atoms with E-state index < -0.39 is 55.5 Å². The summed E-state index contributed by atoms with van der Waals surface area (Å²) in [6.45, 7) is 0.662. The lowest BCUT2D eigenvalue weighted by Crippen LogP contribution is -2.18. The van der Waals surface area contributed by atoms with Crippen LogP contribution in [0.2, 0.25) is 0 Å². The summed E-state index contributed by atoms with van der Waals surface area (Å²) in [5.41, 5.74) is -5.38. The van der Waals surface area contributed by atoms with E-state index in [2.05, 4.69) is 8.83 Å². The number of benzene rings is 1. The van der Waals surface area contributed by atoms with E-state index in [4.69, 9.17) is 0 Å². The van der Waals surface area contributed by atoms with Gasteiger partial charge in [-0.1, -0.05) is 0 Å².